The van der Waals surface area contributed by atoms with Crippen molar-refractivity contribution in [3.63, 3.8) is 0 Å². The Morgan fingerprint density at radius 2 is 2.15 bits per heavy atom. The lowest BCUT2D eigenvalue weighted by Crippen LogP contribution is -2.15. The summed E-state index contributed by atoms with van der Waals surface area (Å²) in [7, 11) is 1.56. The zero-order valence-corrected chi connectivity index (χ0v) is 8.08. The standard InChI is InChI=1S/C10H15NO2/c1-3-4-5-8-6-9(12)11(2)10(13)7-8/h6-7,12H,3-5H2,1-2H3. The van der Waals surface area contributed by atoms with Gasteiger partial charge in [-0.3, -0.25) is 9.36 Å². The molecule has 0 radical (unpaired) electrons. The molecule has 1 heterocycles. The van der Waals surface area contributed by atoms with Crippen LogP contribution in [0.2, 0.25) is 0 Å². The van der Waals surface area contributed by atoms with Gasteiger partial charge in [0.25, 0.3) is 5.56 Å². The molecule has 0 saturated carbocycles. The Hall–Kier alpha value is -1.25. The normalized spacial score (nSPS) is 10.3. The molecule has 1 rings (SSSR count). The third kappa shape index (κ3) is 2.34. The Morgan fingerprint density at radius 3 is 2.69 bits per heavy atom. The van der Waals surface area contributed by atoms with E-state index in [4.69, 9.17) is 0 Å². The quantitative estimate of drug-likeness (QED) is 0.766. The zero-order chi connectivity index (χ0) is 9.84. The Labute approximate surface area is 77.6 Å². The Bertz CT molecular complexity index is 341. The van der Waals surface area contributed by atoms with Crippen molar-refractivity contribution >= 4 is 0 Å². The average Bonchev–Trinajstić information content (AvgIpc) is 2.10. The molecule has 0 atom stereocenters. The van der Waals surface area contributed by atoms with Crippen molar-refractivity contribution in [2.45, 2.75) is 26.2 Å². The summed E-state index contributed by atoms with van der Waals surface area (Å²) in [6.07, 6.45) is 3.00. The molecule has 1 aromatic rings. The van der Waals surface area contributed by atoms with Gasteiger partial charge in [-0.2, -0.15) is 0 Å². The van der Waals surface area contributed by atoms with E-state index in [2.05, 4.69) is 6.92 Å². The molecular formula is C10H15NO2. The van der Waals surface area contributed by atoms with Gasteiger partial charge >= 0.3 is 0 Å². The molecule has 0 fully saturated rings. The lowest BCUT2D eigenvalue weighted by molar-refractivity contribution is 0.422. The van der Waals surface area contributed by atoms with Crippen LogP contribution in [0.15, 0.2) is 16.9 Å². The van der Waals surface area contributed by atoms with Gasteiger partial charge in [-0.1, -0.05) is 13.3 Å². The zero-order valence-electron chi connectivity index (χ0n) is 8.08. The second-order valence-corrected chi connectivity index (χ2v) is 3.22. The first-order valence-corrected chi connectivity index (χ1v) is 4.54. The highest BCUT2D eigenvalue weighted by Gasteiger charge is 2.00. The van der Waals surface area contributed by atoms with Crippen LogP contribution >= 0.6 is 0 Å². The largest absolute Gasteiger partial charge is 0.494 e. The summed E-state index contributed by atoms with van der Waals surface area (Å²) >= 11 is 0. The van der Waals surface area contributed by atoms with Crippen LogP contribution in [0, 0.1) is 0 Å². The van der Waals surface area contributed by atoms with Crippen molar-refractivity contribution in [1.82, 2.24) is 4.57 Å². The minimum Gasteiger partial charge on any atom is -0.494 e. The molecule has 72 valence electrons. The van der Waals surface area contributed by atoms with Gasteiger partial charge in [0.1, 0.15) is 0 Å². The van der Waals surface area contributed by atoms with Crippen LogP contribution in [0.1, 0.15) is 25.3 Å². The molecule has 13 heavy (non-hydrogen) atoms. The van der Waals surface area contributed by atoms with E-state index in [9.17, 15) is 9.90 Å². The Morgan fingerprint density at radius 1 is 1.46 bits per heavy atom. The molecule has 0 bridgehead atoms. The summed E-state index contributed by atoms with van der Waals surface area (Å²) < 4.78 is 1.23. The van der Waals surface area contributed by atoms with Gasteiger partial charge in [0.2, 0.25) is 0 Å². The van der Waals surface area contributed by atoms with Crippen molar-refractivity contribution in [2.24, 2.45) is 7.05 Å². The highest BCUT2D eigenvalue weighted by molar-refractivity contribution is 5.20. The van der Waals surface area contributed by atoms with Crippen molar-refractivity contribution in [3.05, 3.63) is 28.0 Å². The summed E-state index contributed by atoms with van der Waals surface area (Å²) in [5, 5.41) is 9.34. The van der Waals surface area contributed by atoms with Gasteiger partial charge in [-0.25, -0.2) is 0 Å². The molecule has 0 aliphatic heterocycles. The highest BCUT2D eigenvalue weighted by Crippen LogP contribution is 2.09. The van der Waals surface area contributed by atoms with Crippen LogP contribution < -0.4 is 5.56 Å². The van der Waals surface area contributed by atoms with Crippen LogP contribution in [0.5, 0.6) is 5.88 Å². The van der Waals surface area contributed by atoms with Crippen LogP contribution in [0.3, 0.4) is 0 Å². The number of aromatic nitrogens is 1. The molecule has 0 amide bonds. The summed E-state index contributed by atoms with van der Waals surface area (Å²) in [5.41, 5.74) is 0.772. The SMILES string of the molecule is CCCCc1cc(O)n(C)c(=O)c1. The van der Waals surface area contributed by atoms with E-state index in [1.165, 1.54) is 4.57 Å². The minimum absolute atomic E-state index is 0.0404. The van der Waals surface area contributed by atoms with E-state index in [0.29, 0.717) is 0 Å². The van der Waals surface area contributed by atoms with E-state index in [1.54, 1.807) is 19.2 Å². The fourth-order valence-corrected chi connectivity index (χ4v) is 1.20. The molecule has 0 aliphatic rings. The topological polar surface area (TPSA) is 42.2 Å². The molecular weight excluding hydrogens is 166 g/mol. The molecule has 1 aromatic heterocycles. The number of hydrogen-bond donors (Lipinski definition) is 1. The van der Waals surface area contributed by atoms with Crippen LogP contribution in [-0.2, 0) is 13.5 Å². The second-order valence-electron chi connectivity index (χ2n) is 3.22. The van der Waals surface area contributed by atoms with Gasteiger partial charge in [-0.15, -0.1) is 0 Å². The monoisotopic (exact) mass is 181 g/mol. The summed E-state index contributed by atoms with van der Waals surface area (Å²) in [6.45, 7) is 2.10. The maximum atomic E-state index is 11.2. The molecule has 1 N–H and O–H groups in total. The van der Waals surface area contributed by atoms with Crippen LogP contribution in [0.4, 0.5) is 0 Å². The number of rotatable bonds is 3. The molecule has 0 spiro atoms. The van der Waals surface area contributed by atoms with E-state index in [-0.39, 0.29) is 11.4 Å². The molecule has 3 nitrogen and oxygen atoms in total. The number of aryl methyl sites for hydroxylation is 1. The maximum Gasteiger partial charge on any atom is 0.253 e. The van der Waals surface area contributed by atoms with Gasteiger partial charge in [0, 0.05) is 19.2 Å². The number of aromatic hydroxyl groups is 1. The van der Waals surface area contributed by atoms with E-state index in [0.717, 1.165) is 24.8 Å². The predicted octanol–water partition coefficient (Wildman–Crippen LogP) is 1.43. The molecule has 3 heteroatoms. The number of unbranched alkanes of at least 4 members (excludes halogenated alkanes) is 1. The maximum absolute atomic E-state index is 11.2. The third-order valence-electron chi connectivity index (χ3n) is 2.12. The van der Waals surface area contributed by atoms with E-state index >= 15 is 0 Å². The first-order chi connectivity index (χ1) is 6.15. The van der Waals surface area contributed by atoms with Crippen LogP contribution in [-0.4, -0.2) is 9.67 Å². The second kappa shape index (κ2) is 4.12. The predicted molar refractivity (Wildman–Crippen MR) is 52.0 cm³/mol. The van der Waals surface area contributed by atoms with Gasteiger partial charge in [0.05, 0.1) is 0 Å². The first-order valence-electron chi connectivity index (χ1n) is 4.54. The highest BCUT2D eigenvalue weighted by atomic mass is 16.3. The number of pyridine rings is 1. The first kappa shape index (κ1) is 9.84. The number of nitrogens with zero attached hydrogens (tertiary/aromatic N) is 1. The van der Waals surface area contributed by atoms with Gasteiger partial charge < -0.3 is 5.11 Å². The minimum atomic E-state index is -0.147. The summed E-state index contributed by atoms with van der Waals surface area (Å²) in [6, 6.07) is 3.23. The van der Waals surface area contributed by atoms with Crippen molar-refractivity contribution < 1.29 is 5.11 Å². The molecule has 0 aromatic carbocycles. The summed E-state index contributed by atoms with van der Waals surface area (Å²) in [5.74, 6) is 0.0404. The Kier molecular flexibility index (Phi) is 3.12. The smallest absolute Gasteiger partial charge is 0.253 e. The lowest BCUT2D eigenvalue weighted by atomic mass is 10.1. The molecule has 0 saturated heterocycles. The van der Waals surface area contributed by atoms with Crippen LogP contribution in [0.25, 0.3) is 0 Å². The van der Waals surface area contributed by atoms with E-state index < -0.39 is 0 Å². The van der Waals surface area contributed by atoms with Crippen molar-refractivity contribution in [1.29, 1.82) is 0 Å². The third-order valence-corrected chi connectivity index (χ3v) is 2.12. The average molecular weight is 181 g/mol. The van der Waals surface area contributed by atoms with Gasteiger partial charge in [0.15, 0.2) is 5.88 Å². The van der Waals surface area contributed by atoms with Gasteiger partial charge in [-0.05, 0) is 18.4 Å². The Balaban J connectivity index is 2.93. The molecule has 0 unspecified atom stereocenters. The number of hydrogen-bond acceptors (Lipinski definition) is 2. The van der Waals surface area contributed by atoms with Crippen molar-refractivity contribution in [2.75, 3.05) is 0 Å². The summed E-state index contributed by atoms with van der Waals surface area (Å²) in [4.78, 5) is 11.2. The van der Waals surface area contributed by atoms with Crippen molar-refractivity contribution in [3.8, 4) is 5.88 Å². The fourth-order valence-electron chi connectivity index (χ4n) is 1.20. The molecule has 0 aliphatic carbocycles. The lowest BCUT2D eigenvalue weighted by Gasteiger charge is -2.04. The van der Waals surface area contributed by atoms with E-state index in [1.807, 2.05) is 0 Å². The fraction of sp³-hybridized carbons (Fsp3) is 0.500.